The van der Waals surface area contributed by atoms with Crippen LogP contribution in [0.4, 0.5) is 0 Å². The molecule has 0 aromatic heterocycles. The van der Waals surface area contributed by atoms with Crippen molar-refractivity contribution >= 4 is 0 Å². The minimum atomic E-state index is -0.172. The average molecular weight is 152 g/mol. The Morgan fingerprint density at radius 1 is 1.09 bits per heavy atom. The first-order chi connectivity index (χ1) is 5.12. The van der Waals surface area contributed by atoms with E-state index in [1.54, 1.807) is 6.20 Å². The molecule has 0 saturated heterocycles. The van der Waals surface area contributed by atoms with Gasteiger partial charge >= 0.3 is 0 Å². The van der Waals surface area contributed by atoms with Crippen LogP contribution in [0, 0.1) is 0 Å². The quantitative estimate of drug-likeness (QED) is 0.438. The molecule has 0 aliphatic carbocycles. The van der Waals surface area contributed by atoms with E-state index in [9.17, 15) is 0 Å². The van der Waals surface area contributed by atoms with Gasteiger partial charge in [-0.05, 0) is 27.7 Å². The second kappa shape index (κ2) is 4.83. The standard InChI is InChI=1S/C9H16N2/c1-5-7-9(3,4)11-10-8-6-2/h5-8H,1-4H3/b7-5-,8-6+,11-10?. The molecule has 0 heterocycles. The van der Waals surface area contributed by atoms with Gasteiger partial charge in [-0.25, -0.2) is 0 Å². The molecule has 0 N–H and O–H groups in total. The third kappa shape index (κ3) is 5.52. The summed E-state index contributed by atoms with van der Waals surface area (Å²) in [4.78, 5) is 0. The van der Waals surface area contributed by atoms with Crippen LogP contribution < -0.4 is 0 Å². The molecule has 0 aliphatic heterocycles. The maximum Gasteiger partial charge on any atom is 0.0943 e. The Morgan fingerprint density at radius 3 is 2.18 bits per heavy atom. The highest BCUT2D eigenvalue weighted by atomic mass is 15.1. The number of hydrogen-bond donors (Lipinski definition) is 0. The van der Waals surface area contributed by atoms with Gasteiger partial charge in [-0.1, -0.05) is 18.2 Å². The van der Waals surface area contributed by atoms with Crippen molar-refractivity contribution in [2.75, 3.05) is 0 Å². The molecule has 0 fully saturated rings. The fourth-order valence-corrected chi connectivity index (χ4v) is 0.690. The maximum atomic E-state index is 4.09. The molecule has 0 spiro atoms. The molecule has 0 rings (SSSR count). The van der Waals surface area contributed by atoms with E-state index in [4.69, 9.17) is 0 Å². The summed E-state index contributed by atoms with van der Waals surface area (Å²) in [7, 11) is 0. The molecule has 0 unspecified atom stereocenters. The van der Waals surface area contributed by atoms with Crippen LogP contribution in [-0.2, 0) is 0 Å². The lowest BCUT2D eigenvalue weighted by atomic mass is 10.1. The fraction of sp³-hybridized carbons (Fsp3) is 0.556. The Bertz CT molecular complexity index is 176. The SMILES string of the molecule is C/C=C\C(C)(C)N=N/C=C/C. The van der Waals surface area contributed by atoms with E-state index in [0.29, 0.717) is 0 Å². The van der Waals surface area contributed by atoms with Gasteiger partial charge in [-0.2, -0.15) is 10.2 Å². The van der Waals surface area contributed by atoms with Crippen molar-refractivity contribution in [2.24, 2.45) is 10.2 Å². The number of nitrogens with zero attached hydrogens (tertiary/aromatic N) is 2. The lowest BCUT2D eigenvalue weighted by Gasteiger charge is -2.10. The number of hydrogen-bond acceptors (Lipinski definition) is 2. The van der Waals surface area contributed by atoms with Crippen molar-refractivity contribution in [3.8, 4) is 0 Å². The van der Waals surface area contributed by atoms with Gasteiger partial charge < -0.3 is 0 Å². The molecule has 2 nitrogen and oxygen atoms in total. The Hall–Kier alpha value is -0.920. The number of azo groups is 1. The second-order valence-corrected chi connectivity index (χ2v) is 2.85. The molecule has 62 valence electrons. The first-order valence-corrected chi connectivity index (χ1v) is 3.79. The lowest BCUT2D eigenvalue weighted by Crippen LogP contribution is -2.10. The zero-order valence-electron chi connectivity index (χ0n) is 7.70. The van der Waals surface area contributed by atoms with Crippen LogP contribution in [0.2, 0.25) is 0 Å². The summed E-state index contributed by atoms with van der Waals surface area (Å²) in [5, 5.41) is 7.96. The largest absolute Gasteiger partial charge is 0.179 e. The Morgan fingerprint density at radius 2 is 1.73 bits per heavy atom. The topological polar surface area (TPSA) is 24.7 Å². The van der Waals surface area contributed by atoms with E-state index in [-0.39, 0.29) is 5.54 Å². The third-order valence-corrected chi connectivity index (χ3v) is 1.11. The molecule has 0 bridgehead atoms. The molecule has 0 aliphatic rings. The molecule has 2 heteroatoms. The van der Waals surface area contributed by atoms with Crippen LogP contribution >= 0.6 is 0 Å². The van der Waals surface area contributed by atoms with Crippen LogP contribution in [0.15, 0.2) is 34.7 Å². The van der Waals surface area contributed by atoms with Crippen molar-refractivity contribution in [2.45, 2.75) is 33.2 Å². The van der Waals surface area contributed by atoms with Crippen LogP contribution in [0.5, 0.6) is 0 Å². The summed E-state index contributed by atoms with van der Waals surface area (Å²) in [6.07, 6.45) is 7.54. The van der Waals surface area contributed by atoms with E-state index in [0.717, 1.165) is 0 Å². The normalized spacial score (nSPS) is 14.2. The van der Waals surface area contributed by atoms with Gasteiger partial charge in [0.25, 0.3) is 0 Å². The highest BCUT2D eigenvalue weighted by molar-refractivity contribution is 4.99. The van der Waals surface area contributed by atoms with E-state index >= 15 is 0 Å². The maximum absolute atomic E-state index is 4.09. The summed E-state index contributed by atoms with van der Waals surface area (Å²) >= 11 is 0. The van der Waals surface area contributed by atoms with E-state index in [1.165, 1.54) is 0 Å². The molecule has 0 atom stereocenters. The van der Waals surface area contributed by atoms with E-state index in [1.807, 2.05) is 45.9 Å². The first kappa shape index (κ1) is 10.1. The zero-order chi connectivity index (χ0) is 8.74. The van der Waals surface area contributed by atoms with Crippen molar-refractivity contribution in [1.82, 2.24) is 0 Å². The van der Waals surface area contributed by atoms with Crippen molar-refractivity contribution < 1.29 is 0 Å². The van der Waals surface area contributed by atoms with E-state index < -0.39 is 0 Å². The number of rotatable bonds is 3. The minimum Gasteiger partial charge on any atom is -0.179 e. The molecule has 0 aromatic carbocycles. The van der Waals surface area contributed by atoms with Crippen LogP contribution in [0.25, 0.3) is 0 Å². The van der Waals surface area contributed by atoms with Crippen LogP contribution in [0.3, 0.4) is 0 Å². The van der Waals surface area contributed by atoms with Gasteiger partial charge in [-0.15, -0.1) is 0 Å². The highest BCUT2D eigenvalue weighted by Gasteiger charge is 2.09. The van der Waals surface area contributed by atoms with Gasteiger partial charge in [0.15, 0.2) is 0 Å². The minimum absolute atomic E-state index is 0.172. The molecular weight excluding hydrogens is 136 g/mol. The molecule has 0 saturated carbocycles. The summed E-state index contributed by atoms with van der Waals surface area (Å²) in [6, 6.07) is 0. The van der Waals surface area contributed by atoms with Gasteiger partial charge in [0.1, 0.15) is 0 Å². The molecule has 11 heavy (non-hydrogen) atoms. The fourth-order valence-electron chi connectivity index (χ4n) is 0.690. The zero-order valence-corrected chi connectivity index (χ0v) is 7.70. The molecule has 0 aromatic rings. The van der Waals surface area contributed by atoms with Crippen molar-refractivity contribution in [3.63, 3.8) is 0 Å². The van der Waals surface area contributed by atoms with Gasteiger partial charge in [0, 0.05) is 6.20 Å². The smallest absolute Gasteiger partial charge is 0.0943 e. The average Bonchev–Trinajstić information content (AvgIpc) is 1.87. The van der Waals surface area contributed by atoms with Crippen molar-refractivity contribution in [3.05, 3.63) is 24.4 Å². The molecule has 0 radical (unpaired) electrons. The lowest BCUT2D eigenvalue weighted by molar-refractivity contribution is 0.617. The monoisotopic (exact) mass is 152 g/mol. The van der Waals surface area contributed by atoms with Gasteiger partial charge in [-0.3, -0.25) is 0 Å². The Kier molecular flexibility index (Phi) is 4.42. The highest BCUT2D eigenvalue weighted by Crippen LogP contribution is 2.10. The van der Waals surface area contributed by atoms with Crippen molar-refractivity contribution in [1.29, 1.82) is 0 Å². The summed E-state index contributed by atoms with van der Waals surface area (Å²) in [5.41, 5.74) is -0.172. The summed E-state index contributed by atoms with van der Waals surface area (Å²) in [6.45, 7) is 7.93. The molecular formula is C9H16N2. The van der Waals surface area contributed by atoms with E-state index in [2.05, 4.69) is 10.2 Å². The third-order valence-electron chi connectivity index (χ3n) is 1.11. The summed E-state index contributed by atoms with van der Waals surface area (Å²) in [5.74, 6) is 0. The predicted octanol–water partition coefficient (Wildman–Crippen LogP) is 3.33. The predicted molar refractivity (Wildman–Crippen MR) is 48.6 cm³/mol. The number of allylic oxidation sites excluding steroid dienone is 2. The Labute approximate surface area is 68.7 Å². The summed E-state index contributed by atoms with van der Waals surface area (Å²) < 4.78 is 0. The van der Waals surface area contributed by atoms with Gasteiger partial charge in [0.05, 0.1) is 5.54 Å². The molecule has 0 amide bonds. The second-order valence-electron chi connectivity index (χ2n) is 2.85. The van der Waals surface area contributed by atoms with Crippen LogP contribution in [0.1, 0.15) is 27.7 Å². The first-order valence-electron chi connectivity index (χ1n) is 3.79. The van der Waals surface area contributed by atoms with Crippen LogP contribution in [-0.4, -0.2) is 5.54 Å². The van der Waals surface area contributed by atoms with Gasteiger partial charge in [0.2, 0.25) is 0 Å². The Balaban J connectivity index is 4.10.